The molecule has 0 bridgehead atoms. The minimum absolute atomic E-state index is 0.250. The van der Waals surface area contributed by atoms with E-state index in [2.05, 4.69) is 39.7 Å². The van der Waals surface area contributed by atoms with Crippen LogP contribution in [0.5, 0.6) is 0 Å². The van der Waals surface area contributed by atoms with Crippen LogP contribution in [0.4, 0.5) is 11.5 Å². The van der Waals surface area contributed by atoms with Gasteiger partial charge in [-0.15, -0.1) is 0 Å². The molecule has 0 radical (unpaired) electrons. The van der Waals surface area contributed by atoms with E-state index in [1.54, 1.807) is 6.07 Å². The molecule has 0 saturated carbocycles. The second-order valence-electron chi connectivity index (χ2n) is 6.27. The van der Waals surface area contributed by atoms with Crippen LogP contribution in [0.2, 0.25) is 0 Å². The summed E-state index contributed by atoms with van der Waals surface area (Å²) in [6.45, 7) is 6.71. The van der Waals surface area contributed by atoms with E-state index in [0.717, 1.165) is 16.8 Å². The van der Waals surface area contributed by atoms with Crippen molar-refractivity contribution in [3.8, 4) is 0 Å². The number of hydrogen-bond acceptors (Lipinski definition) is 4. The number of anilines is 2. The van der Waals surface area contributed by atoms with Crippen molar-refractivity contribution in [1.82, 2.24) is 9.97 Å². The van der Waals surface area contributed by atoms with Crippen molar-refractivity contribution in [2.75, 3.05) is 10.6 Å². The Balaban J connectivity index is 1.71. The summed E-state index contributed by atoms with van der Waals surface area (Å²) >= 11 is 0. The highest BCUT2D eigenvalue weighted by molar-refractivity contribution is 6.03. The van der Waals surface area contributed by atoms with Crippen molar-refractivity contribution in [3.05, 3.63) is 82.8 Å². The fraction of sp³-hybridized carbons (Fsp3) is 0.190. The zero-order valence-electron chi connectivity index (χ0n) is 15.2. The second-order valence-corrected chi connectivity index (χ2v) is 6.27. The van der Waals surface area contributed by atoms with Gasteiger partial charge in [0.1, 0.15) is 17.8 Å². The highest BCUT2D eigenvalue weighted by atomic mass is 16.1. The molecule has 3 rings (SSSR count). The number of nitrogens with one attached hydrogen (secondary N) is 2. The van der Waals surface area contributed by atoms with E-state index >= 15 is 0 Å². The molecule has 1 heterocycles. The fourth-order valence-corrected chi connectivity index (χ4v) is 2.65. The third-order valence-corrected chi connectivity index (χ3v) is 4.47. The van der Waals surface area contributed by atoms with Crippen molar-refractivity contribution < 1.29 is 4.79 Å². The van der Waals surface area contributed by atoms with Gasteiger partial charge in [0.05, 0.1) is 0 Å². The van der Waals surface area contributed by atoms with Crippen molar-refractivity contribution in [2.24, 2.45) is 0 Å². The first-order chi connectivity index (χ1) is 12.5. The third kappa shape index (κ3) is 4.06. The van der Waals surface area contributed by atoms with E-state index in [1.165, 1.54) is 17.5 Å². The molecule has 2 aromatic carbocycles. The summed E-state index contributed by atoms with van der Waals surface area (Å²) in [6.07, 6.45) is 1.40. The number of carbonyl (C=O) groups is 1. The van der Waals surface area contributed by atoms with Gasteiger partial charge in [-0.1, -0.05) is 36.4 Å². The van der Waals surface area contributed by atoms with Gasteiger partial charge in [0.2, 0.25) is 0 Å². The molecule has 5 heteroatoms. The van der Waals surface area contributed by atoms with Gasteiger partial charge in [-0.3, -0.25) is 4.79 Å². The van der Waals surface area contributed by atoms with Crippen LogP contribution in [0.15, 0.2) is 54.9 Å². The van der Waals surface area contributed by atoms with Crippen molar-refractivity contribution >= 4 is 17.4 Å². The summed E-state index contributed by atoms with van der Waals surface area (Å²) in [5.74, 6) is 0.370. The molecule has 26 heavy (non-hydrogen) atoms. The third-order valence-electron chi connectivity index (χ3n) is 4.47. The molecule has 0 aliphatic carbocycles. The Kier molecular flexibility index (Phi) is 5.27. The van der Waals surface area contributed by atoms with Gasteiger partial charge < -0.3 is 10.6 Å². The van der Waals surface area contributed by atoms with Crippen LogP contribution in [0, 0.1) is 20.8 Å². The Morgan fingerprint density at radius 3 is 2.54 bits per heavy atom. The molecule has 0 spiro atoms. The van der Waals surface area contributed by atoms with Crippen molar-refractivity contribution in [2.45, 2.75) is 27.3 Å². The summed E-state index contributed by atoms with van der Waals surface area (Å²) in [6, 6.07) is 15.7. The maximum atomic E-state index is 12.5. The molecular formula is C21H22N4O. The SMILES string of the molecule is Cc1ccccc1CNc1cc(C(=O)Nc2cccc(C)c2C)ncn1. The number of rotatable bonds is 5. The van der Waals surface area contributed by atoms with Crippen molar-refractivity contribution in [1.29, 1.82) is 0 Å². The number of amides is 1. The van der Waals surface area contributed by atoms with E-state index in [9.17, 15) is 4.79 Å². The van der Waals surface area contributed by atoms with Crippen LogP contribution < -0.4 is 10.6 Å². The molecule has 1 amide bonds. The molecule has 0 aliphatic heterocycles. The zero-order valence-corrected chi connectivity index (χ0v) is 15.2. The van der Waals surface area contributed by atoms with E-state index in [1.807, 2.05) is 44.2 Å². The lowest BCUT2D eigenvalue weighted by Gasteiger charge is -2.11. The summed E-state index contributed by atoms with van der Waals surface area (Å²) in [7, 11) is 0. The molecule has 2 N–H and O–H groups in total. The molecule has 3 aromatic rings. The highest BCUT2D eigenvalue weighted by Crippen LogP contribution is 2.19. The average molecular weight is 346 g/mol. The highest BCUT2D eigenvalue weighted by Gasteiger charge is 2.11. The molecule has 5 nitrogen and oxygen atoms in total. The van der Waals surface area contributed by atoms with Gasteiger partial charge in [-0.25, -0.2) is 9.97 Å². The number of aryl methyl sites for hydroxylation is 2. The summed E-state index contributed by atoms with van der Waals surface area (Å²) < 4.78 is 0. The lowest BCUT2D eigenvalue weighted by atomic mass is 10.1. The quantitative estimate of drug-likeness (QED) is 0.724. The second kappa shape index (κ2) is 7.78. The maximum absolute atomic E-state index is 12.5. The predicted molar refractivity (Wildman–Crippen MR) is 104 cm³/mol. The minimum Gasteiger partial charge on any atom is -0.366 e. The summed E-state index contributed by atoms with van der Waals surface area (Å²) in [5.41, 5.74) is 5.70. The van der Waals surface area contributed by atoms with Crippen molar-refractivity contribution in [3.63, 3.8) is 0 Å². The molecule has 0 aliphatic rings. The molecule has 0 fully saturated rings. The van der Waals surface area contributed by atoms with Gasteiger partial charge in [-0.2, -0.15) is 0 Å². The number of hydrogen-bond donors (Lipinski definition) is 2. The Morgan fingerprint density at radius 2 is 1.73 bits per heavy atom. The standard InChI is InChI=1S/C21H22N4O/c1-14-8-6-10-18(16(14)3)25-21(26)19-11-20(24-13-23-19)22-12-17-9-5-4-7-15(17)2/h4-11,13H,12H2,1-3H3,(H,25,26)(H,22,23,24). The van der Waals surface area contributed by atoms with E-state index < -0.39 is 0 Å². The molecule has 0 atom stereocenters. The Labute approximate surface area is 153 Å². The Morgan fingerprint density at radius 1 is 0.962 bits per heavy atom. The van der Waals surface area contributed by atoms with E-state index in [4.69, 9.17) is 0 Å². The zero-order chi connectivity index (χ0) is 18.5. The van der Waals surface area contributed by atoms with Crippen LogP contribution in [0.1, 0.15) is 32.7 Å². The summed E-state index contributed by atoms with van der Waals surface area (Å²) in [4.78, 5) is 20.8. The predicted octanol–water partition coefficient (Wildman–Crippen LogP) is 4.27. The van der Waals surface area contributed by atoms with E-state index in [-0.39, 0.29) is 5.91 Å². The van der Waals surface area contributed by atoms with Crippen LogP contribution >= 0.6 is 0 Å². The smallest absolute Gasteiger partial charge is 0.274 e. The van der Waals surface area contributed by atoms with Gasteiger partial charge in [0.15, 0.2) is 0 Å². The number of aromatic nitrogens is 2. The van der Waals surface area contributed by atoms with E-state index in [0.29, 0.717) is 18.1 Å². The van der Waals surface area contributed by atoms with Gasteiger partial charge in [-0.05, 0) is 49.1 Å². The van der Waals surface area contributed by atoms with Gasteiger partial charge in [0.25, 0.3) is 5.91 Å². The topological polar surface area (TPSA) is 66.9 Å². The minimum atomic E-state index is -0.250. The molecule has 0 saturated heterocycles. The number of nitrogens with zero attached hydrogens (tertiary/aromatic N) is 2. The number of carbonyl (C=O) groups excluding carboxylic acids is 1. The Bertz CT molecular complexity index is 937. The van der Waals surface area contributed by atoms with Crippen LogP contribution in [-0.2, 0) is 6.54 Å². The fourth-order valence-electron chi connectivity index (χ4n) is 2.65. The maximum Gasteiger partial charge on any atom is 0.274 e. The largest absolute Gasteiger partial charge is 0.366 e. The van der Waals surface area contributed by atoms with Crippen LogP contribution in [-0.4, -0.2) is 15.9 Å². The number of benzene rings is 2. The van der Waals surface area contributed by atoms with Gasteiger partial charge >= 0.3 is 0 Å². The first kappa shape index (κ1) is 17.6. The summed E-state index contributed by atoms with van der Waals surface area (Å²) in [5, 5.41) is 6.17. The first-order valence-electron chi connectivity index (χ1n) is 8.52. The van der Waals surface area contributed by atoms with Gasteiger partial charge in [0, 0.05) is 18.3 Å². The Hall–Kier alpha value is -3.21. The lowest BCUT2D eigenvalue weighted by molar-refractivity contribution is 0.102. The normalized spacial score (nSPS) is 10.4. The first-order valence-corrected chi connectivity index (χ1v) is 8.52. The lowest BCUT2D eigenvalue weighted by Crippen LogP contribution is -2.15. The van der Waals surface area contributed by atoms with Crippen LogP contribution in [0.25, 0.3) is 0 Å². The molecular weight excluding hydrogens is 324 g/mol. The molecule has 132 valence electrons. The molecule has 0 unspecified atom stereocenters. The molecule has 1 aromatic heterocycles. The average Bonchev–Trinajstić information content (AvgIpc) is 2.65. The monoisotopic (exact) mass is 346 g/mol. The van der Waals surface area contributed by atoms with Crippen LogP contribution in [0.3, 0.4) is 0 Å².